The Balaban J connectivity index is 1.71. The van der Waals surface area contributed by atoms with Crippen molar-refractivity contribution in [3.05, 3.63) is 108 Å². The molecule has 1 aromatic heterocycles. The highest BCUT2D eigenvalue weighted by atomic mass is 15.2. The summed E-state index contributed by atoms with van der Waals surface area (Å²) in [6.45, 7) is 4.57. The van der Waals surface area contributed by atoms with Gasteiger partial charge >= 0.3 is 0 Å². The van der Waals surface area contributed by atoms with E-state index < -0.39 is 0 Å². The molecule has 0 fully saturated rings. The van der Waals surface area contributed by atoms with Crippen LogP contribution in [-0.4, -0.2) is 4.98 Å². The van der Waals surface area contributed by atoms with Crippen LogP contribution >= 0.6 is 0 Å². The van der Waals surface area contributed by atoms with Crippen molar-refractivity contribution in [1.82, 2.24) is 4.98 Å². The van der Waals surface area contributed by atoms with Gasteiger partial charge in [0, 0.05) is 16.7 Å². The Morgan fingerprint density at radius 1 is 0.767 bits per heavy atom. The quantitative estimate of drug-likeness (QED) is 0.383. The smallest absolute Gasteiger partial charge is 0.141 e. The Hall–Kier alpha value is -3.90. The lowest BCUT2D eigenvalue weighted by molar-refractivity contribution is 0.632. The van der Waals surface area contributed by atoms with Crippen LogP contribution in [0.2, 0.25) is 0 Å². The van der Waals surface area contributed by atoms with Crippen molar-refractivity contribution in [2.75, 3.05) is 4.90 Å². The van der Waals surface area contributed by atoms with Gasteiger partial charge in [0.05, 0.1) is 17.1 Å². The summed E-state index contributed by atoms with van der Waals surface area (Å²) >= 11 is 0. The van der Waals surface area contributed by atoms with E-state index in [4.69, 9.17) is 0 Å². The molecule has 0 aliphatic carbocycles. The molecule has 144 valence electrons. The molecular weight excluding hydrogens is 366 g/mol. The minimum atomic E-state index is -0.0794. The number of hydrogen-bond donors (Lipinski definition) is 0. The van der Waals surface area contributed by atoms with E-state index in [1.54, 1.807) is 6.07 Å². The Kier molecular flexibility index (Phi) is 4.15. The van der Waals surface area contributed by atoms with E-state index in [-0.39, 0.29) is 5.41 Å². The lowest BCUT2D eigenvalue weighted by Crippen LogP contribution is -2.30. The van der Waals surface area contributed by atoms with Crippen molar-refractivity contribution in [3.8, 4) is 17.3 Å². The van der Waals surface area contributed by atoms with E-state index in [0.717, 1.165) is 16.9 Å². The maximum Gasteiger partial charge on any atom is 0.141 e. The molecule has 0 radical (unpaired) electrons. The first-order valence-electron chi connectivity index (χ1n) is 10.1. The van der Waals surface area contributed by atoms with E-state index >= 15 is 0 Å². The molecule has 0 unspecified atom stereocenters. The molecule has 3 aromatic carbocycles. The Bertz CT molecular complexity index is 1250. The molecule has 3 heteroatoms. The predicted molar refractivity (Wildman–Crippen MR) is 121 cm³/mol. The fraction of sp³-hybridized carbons (Fsp3) is 0.111. The van der Waals surface area contributed by atoms with Gasteiger partial charge in [-0.15, -0.1) is 0 Å². The number of pyridine rings is 1. The van der Waals surface area contributed by atoms with E-state index in [0.29, 0.717) is 5.69 Å². The summed E-state index contributed by atoms with van der Waals surface area (Å²) in [5.41, 5.74) is 8.20. The Morgan fingerprint density at radius 3 is 2.07 bits per heavy atom. The zero-order chi connectivity index (χ0) is 20.7. The van der Waals surface area contributed by atoms with Gasteiger partial charge in [-0.1, -0.05) is 68.4 Å². The molecule has 4 aromatic rings. The summed E-state index contributed by atoms with van der Waals surface area (Å²) in [6.07, 6.45) is 0. The molecule has 0 amide bonds. The molecule has 2 heterocycles. The first-order valence-corrected chi connectivity index (χ1v) is 10.1. The number of fused-ring (bicyclic) bond motifs is 2. The highest BCUT2D eigenvalue weighted by molar-refractivity contribution is 5.87. The van der Waals surface area contributed by atoms with Crippen LogP contribution in [0, 0.1) is 11.3 Å². The molecule has 0 atom stereocenters. The zero-order valence-electron chi connectivity index (χ0n) is 17.0. The first kappa shape index (κ1) is 18.1. The Labute approximate surface area is 176 Å². The topological polar surface area (TPSA) is 39.9 Å². The van der Waals surface area contributed by atoms with Crippen LogP contribution in [0.5, 0.6) is 0 Å². The maximum absolute atomic E-state index is 9.21. The van der Waals surface area contributed by atoms with Gasteiger partial charge in [-0.25, -0.2) is 4.98 Å². The second-order valence-corrected chi connectivity index (χ2v) is 8.06. The van der Waals surface area contributed by atoms with Crippen molar-refractivity contribution in [3.63, 3.8) is 0 Å². The molecule has 1 aliphatic rings. The molecule has 3 nitrogen and oxygen atoms in total. The monoisotopic (exact) mass is 387 g/mol. The van der Waals surface area contributed by atoms with Gasteiger partial charge in [0.15, 0.2) is 0 Å². The summed E-state index contributed by atoms with van der Waals surface area (Å²) in [5, 5.41) is 9.21. The van der Waals surface area contributed by atoms with Crippen molar-refractivity contribution in [2.24, 2.45) is 0 Å². The van der Waals surface area contributed by atoms with E-state index in [9.17, 15) is 5.26 Å². The third-order valence-electron chi connectivity index (χ3n) is 5.90. The molecule has 0 saturated heterocycles. The zero-order valence-corrected chi connectivity index (χ0v) is 17.0. The molecule has 0 saturated carbocycles. The van der Waals surface area contributed by atoms with Gasteiger partial charge in [-0.3, -0.25) is 0 Å². The molecule has 1 aliphatic heterocycles. The standard InChI is InChI=1S/C27H21N3/c1-27(2)22-12-3-5-15-25(22)30(26-16-6-4-13-23(26)27)21-11-7-9-19(17-21)24-14-8-10-20(18-28)29-24/h3-17H,1-2H3. The number of nitriles is 1. The lowest BCUT2D eigenvalue weighted by atomic mass is 9.73. The molecule has 0 spiro atoms. The van der Waals surface area contributed by atoms with Gasteiger partial charge in [0.1, 0.15) is 11.8 Å². The highest BCUT2D eigenvalue weighted by Gasteiger charge is 2.36. The number of para-hydroxylation sites is 2. The van der Waals surface area contributed by atoms with Crippen molar-refractivity contribution in [1.29, 1.82) is 5.26 Å². The number of anilines is 3. The minimum absolute atomic E-state index is 0.0794. The molecule has 5 rings (SSSR count). The number of aromatic nitrogens is 1. The summed E-state index contributed by atoms with van der Waals surface area (Å²) in [6, 6.07) is 33.3. The van der Waals surface area contributed by atoms with E-state index in [2.05, 4.69) is 96.5 Å². The second-order valence-electron chi connectivity index (χ2n) is 8.06. The van der Waals surface area contributed by atoms with Crippen LogP contribution in [0.1, 0.15) is 30.7 Å². The number of rotatable bonds is 2. The van der Waals surface area contributed by atoms with Gasteiger partial charge in [-0.2, -0.15) is 5.26 Å². The van der Waals surface area contributed by atoms with Crippen LogP contribution in [0.25, 0.3) is 11.3 Å². The van der Waals surface area contributed by atoms with E-state index in [1.807, 2.05) is 18.2 Å². The fourth-order valence-corrected chi connectivity index (χ4v) is 4.41. The van der Waals surface area contributed by atoms with Crippen LogP contribution in [0.15, 0.2) is 91.0 Å². The number of nitrogens with zero attached hydrogens (tertiary/aromatic N) is 3. The lowest BCUT2D eigenvalue weighted by Gasteiger charge is -2.42. The fourth-order valence-electron chi connectivity index (χ4n) is 4.41. The van der Waals surface area contributed by atoms with E-state index in [1.165, 1.54) is 22.5 Å². The van der Waals surface area contributed by atoms with Crippen LogP contribution in [0.3, 0.4) is 0 Å². The average Bonchev–Trinajstić information content (AvgIpc) is 2.80. The van der Waals surface area contributed by atoms with Crippen molar-refractivity contribution >= 4 is 17.1 Å². The molecular formula is C27H21N3. The SMILES string of the molecule is CC1(C)c2ccccc2N(c2cccc(-c3cccc(C#N)n3)c2)c2ccccc21. The highest BCUT2D eigenvalue weighted by Crippen LogP contribution is 2.51. The van der Waals surface area contributed by atoms with Crippen molar-refractivity contribution in [2.45, 2.75) is 19.3 Å². The first-order chi connectivity index (χ1) is 14.6. The third kappa shape index (κ3) is 2.77. The van der Waals surface area contributed by atoms with Crippen LogP contribution in [0.4, 0.5) is 17.1 Å². The number of benzene rings is 3. The van der Waals surface area contributed by atoms with Crippen molar-refractivity contribution < 1.29 is 0 Å². The predicted octanol–water partition coefficient (Wildman–Crippen LogP) is 6.73. The summed E-state index contributed by atoms with van der Waals surface area (Å²) < 4.78 is 0. The number of hydrogen-bond acceptors (Lipinski definition) is 3. The summed E-state index contributed by atoms with van der Waals surface area (Å²) in [7, 11) is 0. The summed E-state index contributed by atoms with van der Waals surface area (Å²) in [5.74, 6) is 0. The Morgan fingerprint density at radius 2 is 1.40 bits per heavy atom. The molecule has 30 heavy (non-hydrogen) atoms. The normalized spacial score (nSPS) is 13.8. The minimum Gasteiger partial charge on any atom is -0.310 e. The van der Waals surface area contributed by atoms with Gasteiger partial charge in [0.2, 0.25) is 0 Å². The molecule has 0 bridgehead atoms. The largest absolute Gasteiger partial charge is 0.310 e. The summed E-state index contributed by atoms with van der Waals surface area (Å²) in [4.78, 5) is 6.81. The van der Waals surface area contributed by atoms with Gasteiger partial charge in [-0.05, 0) is 47.5 Å². The average molecular weight is 387 g/mol. The van der Waals surface area contributed by atoms with Crippen LogP contribution < -0.4 is 4.90 Å². The maximum atomic E-state index is 9.21. The molecule has 0 N–H and O–H groups in total. The van der Waals surface area contributed by atoms with Gasteiger partial charge in [0.25, 0.3) is 0 Å². The second kappa shape index (κ2) is 6.86. The van der Waals surface area contributed by atoms with Gasteiger partial charge < -0.3 is 4.90 Å². The van der Waals surface area contributed by atoms with Crippen LogP contribution in [-0.2, 0) is 5.41 Å². The third-order valence-corrected chi connectivity index (χ3v) is 5.90.